The molecule has 23 heavy (non-hydrogen) atoms. The van der Waals surface area contributed by atoms with E-state index < -0.39 is 0 Å². The van der Waals surface area contributed by atoms with E-state index in [1.54, 1.807) is 45.4 Å². The lowest BCUT2D eigenvalue weighted by atomic mass is 10.2. The van der Waals surface area contributed by atoms with E-state index in [0.29, 0.717) is 17.2 Å². The van der Waals surface area contributed by atoms with E-state index in [-0.39, 0.29) is 24.9 Å². The van der Waals surface area contributed by atoms with E-state index in [1.165, 1.54) is 4.90 Å². The first kappa shape index (κ1) is 18.0. The smallest absolute Gasteiger partial charge is 0.243 e. The standard InChI is InChI=1S/C16H21N5O2/c1-5-12-7-6-8-13(9-12)20-14(22)10-18-16(17-2)19-11-15(23)21(3)4/h1,6-9H,10-11H2,2-4H3,(H,20,22)(H2,17,18,19). The Balaban J connectivity index is 2.44. The first-order chi connectivity index (χ1) is 11.0. The largest absolute Gasteiger partial charge is 0.347 e. The number of carbonyl (C=O) groups is 2. The Hall–Kier alpha value is -3.01. The molecule has 1 rings (SSSR count). The number of aliphatic imine (C=N–C) groups is 1. The molecule has 0 aliphatic carbocycles. The third-order valence-corrected chi connectivity index (χ3v) is 2.86. The molecule has 0 spiro atoms. The molecule has 2 amide bonds. The van der Waals surface area contributed by atoms with Crippen LogP contribution in [0, 0.1) is 12.3 Å². The molecule has 0 saturated heterocycles. The first-order valence-corrected chi connectivity index (χ1v) is 6.97. The van der Waals surface area contributed by atoms with Crippen LogP contribution in [0.15, 0.2) is 29.3 Å². The number of guanidine groups is 1. The van der Waals surface area contributed by atoms with Gasteiger partial charge in [0.05, 0.1) is 13.1 Å². The molecule has 0 aliphatic heterocycles. The van der Waals surface area contributed by atoms with Crippen molar-refractivity contribution in [1.29, 1.82) is 0 Å². The summed E-state index contributed by atoms with van der Waals surface area (Å²) in [5.41, 5.74) is 1.31. The minimum Gasteiger partial charge on any atom is -0.347 e. The Kier molecular flexibility index (Phi) is 7.14. The van der Waals surface area contributed by atoms with Gasteiger partial charge in [-0.3, -0.25) is 14.6 Å². The van der Waals surface area contributed by atoms with Crippen LogP contribution in [0.5, 0.6) is 0 Å². The number of carbonyl (C=O) groups excluding carboxylic acids is 2. The second-order valence-electron chi connectivity index (χ2n) is 4.84. The lowest BCUT2D eigenvalue weighted by Gasteiger charge is -2.14. The number of hydrogen-bond acceptors (Lipinski definition) is 3. The van der Waals surface area contributed by atoms with Gasteiger partial charge in [-0.05, 0) is 18.2 Å². The molecule has 0 aliphatic rings. The predicted molar refractivity (Wildman–Crippen MR) is 91.1 cm³/mol. The third kappa shape index (κ3) is 6.52. The Morgan fingerprint density at radius 3 is 2.57 bits per heavy atom. The molecular formula is C16H21N5O2. The average molecular weight is 315 g/mol. The van der Waals surface area contributed by atoms with Crippen LogP contribution in [0.3, 0.4) is 0 Å². The van der Waals surface area contributed by atoms with Crippen molar-refractivity contribution in [2.75, 3.05) is 39.5 Å². The minimum atomic E-state index is -0.249. The third-order valence-electron chi connectivity index (χ3n) is 2.86. The van der Waals surface area contributed by atoms with Crippen LogP contribution in [0.2, 0.25) is 0 Å². The number of benzene rings is 1. The minimum absolute atomic E-state index is 0.0100. The molecule has 3 N–H and O–H groups in total. The van der Waals surface area contributed by atoms with Crippen LogP contribution in [-0.2, 0) is 9.59 Å². The van der Waals surface area contributed by atoms with Crippen molar-refractivity contribution < 1.29 is 9.59 Å². The number of hydrogen-bond donors (Lipinski definition) is 3. The summed E-state index contributed by atoms with van der Waals surface area (Å²) in [6.45, 7) is 0.106. The lowest BCUT2D eigenvalue weighted by Crippen LogP contribution is -2.45. The van der Waals surface area contributed by atoms with E-state index >= 15 is 0 Å². The SMILES string of the molecule is C#Cc1cccc(NC(=O)CNC(=NC)NCC(=O)N(C)C)c1. The van der Waals surface area contributed by atoms with E-state index in [0.717, 1.165) is 0 Å². The fraction of sp³-hybridized carbons (Fsp3) is 0.312. The highest BCUT2D eigenvalue weighted by Gasteiger charge is 2.07. The van der Waals surface area contributed by atoms with Crippen LogP contribution >= 0.6 is 0 Å². The molecule has 0 atom stereocenters. The summed E-state index contributed by atoms with van der Waals surface area (Å²) in [7, 11) is 4.89. The molecule has 0 fully saturated rings. The molecule has 0 saturated carbocycles. The molecule has 0 radical (unpaired) electrons. The monoisotopic (exact) mass is 315 g/mol. The Labute approximate surface area is 136 Å². The molecule has 0 aromatic heterocycles. The highest BCUT2D eigenvalue weighted by molar-refractivity contribution is 5.95. The molecule has 7 nitrogen and oxygen atoms in total. The van der Waals surface area contributed by atoms with Gasteiger partial charge in [-0.2, -0.15) is 0 Å². The van der Waals surface area contributed by atoms with Crippen molar-refractivity contribution in [3.63, 3.8) is 0 Å². The van der Waals surface area contributed by atoms with Gasteiger partial charge in [0.1, 0.15) is 0 Å². The van der Waals surface area contributed by atoms with Gasteiger partial charge in [0.25, 0.3) is 0 Å². The van der Waals surface area contributed by atoms with Gasteiger partial charge in [0.15, 0.2) is 5.96 Å². The maximum absolute atomic E-state index is 11.9. The predicted octanol–water partition coefficient (Wildman–Crippen LogP) is -0.140. The van der Waals surface area contributed by atoms with Gasteiger partial charge in [-0.1, -0.05) is 12.0 Å². The molecule has 0 heterocycles. The van der Waals surface area contributed by atoms with Crippen LogP contribution in [0.25, 0.3) is 0 Å². The Bertz CT molecular complexity index is 632. The quantitative estimate of drug-likeness (QED) is 0.401. The van der Waals surface area contributed by atoms with Gasteiger partial charge in [-0.25, -0.2) is 0 Å². The molecule has 0 bridgehead atoms. The van der Waals surface area contributed by atoms with Crippen molar-refractivity contribution in [2.45, 2.75) is 0 Å². The molecule has 122 valence electrons. The summed E-state index contributed by atoms with van der Waals surface area (Å²) in [5.74, 6) is 2.53. The summed E-state index contributed by atoms with van der Waals surface area (Å²) in [6, 6.07) is 7.01. The van der Waals surface area contributed by atoms with Crippen molar-refractivity contribution in [3.05, 3.63) is 29.8 Å². The highest BCUT2D eigenvalue weighted by Crippen LogP contribution is 2.09. The second kappa shape index (κ2) is 9.10. The van der Waals surface area contributed by atoms with Gasteiger partial charge in [0.2, 0.25) is 11.8 Å². The average Bonchev–Trinajstić information content (AvgIpc) is 2.54. The van der Waals surface area contributed by atoms with Crippen LogP contribution in [0.4, 0.5) is 5.69 Å². The number of likely N-dealkylation sites (N-methyl/N-ethyl adjacent to an activating group) is 1. The molecule has 0 unspecified atom stereocenters. The Morgan fingerprint density at radius 1 is 1.26 bits per heavy atom. The van der Waals surface area contributed by atoms with E-state index in [9.17, 15) is 9.59 Å². The zero-order chi connectivity index (χ0) is 17.2. The van der Waals surface area contributed by atoms with Crippen molar-refractivity contribution in [3.8, 4) is 12.3 Å². The second-order valence-corrected chi connectivity index (χ2v) is 4.84. The summed E-state index contributed by atoms with van der Waals surface area (Å²) >= 11 is 0. The fourth-order valence-corrected chi connectivity index (χ4v) is 1.59. The molecule has 1 aromatic rings. The van der Waals surface area contributed by atoms with Gasteiger partial charge in [-0.15, -0.1) is 6.42 Å². The number of amides is 2. The molecule has 1 aromatic carbocycles. The zero-order valence-electron chi connectivity index (χ0n) is 13.5. The molecule has 7 heteroatoms. The van der Waals surface area contributed by atoms with Gasteiger partial charge >= 0.3 is 0 Å². The topological polar surface area (TPSA) is 85.8 Å². The van der Waals surface area contributed by atoms with Crippen molar-refractivity contribution in [1.82, 2.24) is 15.5 Å². The van der Waals surface area contributed by atoms with Gasteiger partial charge < -0.3 is 20.9 Å². The van der Waals surface area contributed by atoms with Crippen molar-refractivity contribution >= 4 is 23.5 Å². The van der Waals surface area contributed by atoms with E-state index in [1.807, 2.05) is 0 Å². The fourth-order valence-electron chi connectivity index (χ4n) is 1.59. The first-order valence-electron chi connectivity index (χ1n) is 6.97. The highest BCUT2D eigenvalue weighted by atomic mass is 16.2. The lowest BCUT2D eigenvalue weighted by molar-refractivity contribution is -0.127. The normalized spacial score (nSPS) is 10.4. The number of rotatable bonds is 5. The Morgan fingerprint density at radius 2 is 1.96 bits per heavy atom. The van der Waals surface area contributed by atoms with Gasteiger partial charge in [0, 0.05) is 32.4 Å². The van der Waals surface area contributed by atoms with Crippen LogP contribution < -0.4 is 16.0 Å². The van der Waals surface area contributed by atoms with Crippen molar-refractivity contribution in [2.24, 2.45) is 4.99 Å². The van der Waals surface area contributed by atoms with Crippen LogP contribution in [0.1, 0.15) is 5.56 Å². The number of anilines is 1. The van der Waals surface area contributed by atoms with E-state index in [4.69, 9.17) is 6.42 Å². The van der Waals surface area contributed by atoms with E-state index in [2.05, 4.69) is 26.9 Å². The molecular weight excluding hydrogens is 294 g/mol. The number of nitrogens with zero attached hydrogens (tertiary/aromatic N) is 2. The summed E-state index contributed by atoms with van der Waals surface area (Å²) in [5, 5.41) is 8.38. The summed E-state index contributed by atoms with van der Waals surface area (Å²) < 4.78 is 0. The van der Waals surface area contributed by atoms with Crippen LogP contribution in [-0.4, -0.2) is 56.9 Å². The maximum atomic E-state index is 11.9. The number of terminal acetylenes is 1. The maximum Gasteiger partial charge on any atom is 0.243 e. The summed E-state index contributed by atoms with van der Waals surface area (Å²) in [4.78, 5) is 28.8. The zero-order valence-corrected chi connectivity index (χ0v) is 13.5. The number of nitrogens with one attached hydrogen (secondary N) is 3. The summed E-state index contributed by atoms with van der Waals surface area (Å²) in [6.07, 6.45) is 5.31.